The average Bonchev–Trinajstić information content (AvgIpc) is 2.26. The molecule has 1 rings (SSSR count). The van der Waals surface area contributed by atoms with Gasteiger partial charge in [-0.05, 0) is 31.3 Å². The first-order chi connectivity index (χ1) is 7.15. The molecule has 0 aromatic heterocycles. The standard InChI is InChI=1S/C11H16N2O2/c1-12-7-8-13(2)10-5-3-9(4-6-10)11(14)15/h3-6,12H,7-8H2,1-2H3,(H,14,15). The molecular weight excluding hydrogens is 192 g/mol. The van der Waals surface area contributed by atoms with Crippen molar-refractivity contribution in [2.75, 3.05) is 32.1 Å². The van der Waals surface area contributed by atoms with Crippen LogP contribution in [0.4, 0.5) is 5.69 Å². The van der Waals surface area contributed by atoms with Crippen LogP contribution in [-0.4, -0.2) is 38.3 Å². The first kappa shape index (κ1) is 11.5. The number of aromatic carboxylic acids is 1. The van der Waals surface area contributed by atoms with Crippen LogP contribution in [-0.2, 0) is 0 Å². The number of benzene rings is 1. The third-order valence-electron chi connectivity index (χ3n) is 2.25. The number of rotatable bonds is 5. The molecule has 4 heteroatoms. The summed E-state index contributed by atoms with van der Waals surface area (Å²) in [5, 5.41) is 11.8. The maximum absolute atomic E-state index is 10.6. The zero-order valence-electron chi connectivity index (χ0n) is 9.03. The molecule has 0 bridgehead atoms. The fourth-order valence-electron chi connectivity index (χ4n) is 1.27. The van der Waals surface area contributed by atoms with Crippen LogP contribution in [0.1, 0.15) is 10.4 Å². The minimum Gasteiger partial charge on any atom is -0.478 e. The highest BCUT2D eigenvalue weighted by Gasteiger charge is 2.03. The van der Waals surface area contributed by atoms with Crippen LogP contribution in [0, 0.1) is 0 Å². The second-order valence-electron chi connectivity index (χ2n) is 3.38. The largest absolute Gasteiger partial charge is 0.478 e. The summed E-state index contributed by atoms with van der Waals surface area (Å²) in [5.41, 5.74) is 1.34. The molecule has 4 nitrogen and oxygen atoms in total. The molecule has 0 spiro atoms. The van der Waals surface area contributed by atoms with Crippen molar-refractivity contribution >= 4 is 11.7 Å². The lowest BCUT2D eigenvalue weighted by molar-refractivity contribution is 0.0697. The summed E-state index contributed by atoms with van der Waals surface area (Å²) in [6.07, 6.45) is 0. The van der Waals surface area contributed by atoms with Gasteiger partial charge in [-0.2, -0.15) is 0 Å². The van der Waals surface area contributed by atoms with E-state index in [1.165, 1.54) is 0 Å². The van der Waals surface area contributed by atoms with Crippen molar-refractivity contribution in [2.45, 2.75) is 0 Å². The predicted octanol–water partition coefficient (Wildman–Crippen LogP) is 1.04. The molecule has 0 atom stereocenters. The van der Waals surface area contributed by atoms with Crippen LogP contribution in [0.25, 0.3) is 0 Å². The van der Waals surface area contributed by atoms with Crippen molar-refractivity contribution < 1.29 is 9.90 Å². The maximum Gasteiger partial charge on any atom is 0.335 e. The van der Waals surface area contributed by atoms with Gasteiger partial charge in [0, 0.05) is 25.8 Å². The van der Waals surface area contributed by atoms with Crippen molar-refractivity contribution in [3.8, 4) is 0 Å². The summed E-state index contributed by atoms with van der Waals surface area (Å²) in [5.74, 6) is -0.889. The van der Waals surface area contributed by atoms with Gasteiger partial charge in [-0.25, -0.2) is 4.79 Å². The molecule has 0 radical (unpaired) electrons. The van der Waals surface area contributed by atoms with E-state index < -0.39 is 5.97 Å². The van der Waals surface area contributed by atoms with Gasteiger partial charge in [0.05, 0.1) is 5.56 Å². The van der Waals surface area contributed by atoms with Crippen molar-refractivity contribution in [2.24, 2.45) is 0 Å². The number of carboxylic acids is 1. The number of nitrogens with one attached hydrogen (secondary N) is 1. The summed E-state index contributed by atoms with van der Waals surface area (Å²) in [4.78, 5) is 12.7. The fraction of sp³-hybridized carbons (Fsp3) is 0.364. The van der Waals surface area contributed by atoms with E-state index in [0.717, 1.165) is 18.8 Å². The zero-order chi connectivity index (χ0) is 11.3. The minimum atomic E-state index is -0.889. The molecule has 0 saturated heterocycles. The Kier molecular flexibility index (Phi) is 4.12. The highest BCUT2D eigenvalue weighted by atomic mass is 16.4. The predicted molar refractivity (Wildman–Crippen MR) is 60.6 cm³/mol. The van der Waals surface area contributed by atoms with Crippen LogP contribution >= 0.6 is 0 Å². The SMILES string of the molecule is CNCCN(C)c1ccc(C(=O)O)cc1. The second-order valence-corrected chi connectivity index (χ2v) is 3.38. The van der Waals surface area contributed by atoms with Gasteiger partial charge in [0.2, 0.25) is 0 Å². The zero-order valence-corrected chi connectivity index (χ0v) is 9.03. The third kappa shape index (κ3) is 3.25. The van der Waals surface area contributed by atoms with E-state index >= 15 is 0 Å². The minimum absolute atomic E-state index is 0.320. The topological polar surface area (TPSA) is 52.6 Å². The molecule has 0 fully saturated rings. The van der Waals surface area contributed by atoms with Gasteiger partial charge in [0.15, 0.2) is 0 Å². The molecule has 0 amide bonds. The Morgan fingerprint density at radius 1 is 1.40 bits per heavy atom. The Labute approximate surface area is 89.5 Å². The molecule has 82 valence electrons. The van der Waals surface area contributed by atoms with Gasteiger partial charge in [-0.1, -0.05) is 0 Å². The molecule has 0 aliphatic rings. The third-order valence-corrected chi connectivity index (χ3v) is 2.25. The van der Waals surface area contributed by atoms with Gasteiger partial charge in [-0.15, -0.1) is 0 Å². The quantitative estimate of drug-likeness (QED) is 0.759. The van der Waals surface area contributed by atoms with E-state index in [0.29, 0.717) is 5.56 Å². The molecular formula is C11H16N2O2. The highest BCUT2D eigenvalue weighted by Crippen LogP contribution is 2.13. The summed E-state index contributed by atoms with van der Waals surface area (Å²) in [6, 6.07) is 6.87. The van der Waals surface area contributed by atoms with Crippen LogP contribution in [0.2, 0.25) is 0 Å². The molecule has 0 saturated carbocycles. The van der Waals surface area contributed by atoms with E-state index in [-0.39, 0.29) is 0 Å². The Bertz CT molecular complexity index is 322. The van der Waals surface area contributed by atoms with Gasteiger partial charge >= 0.3 is 5.97 Å². The van der Waals surface area contributed by atoms with Crippen molar-refractivity contribution in [3.63, 3.8) is 0 Å². The summed E-state index contributed by atoms with van der Waals surface area (Å²) in [6.45, 7) is 1.79. The smallest absolute Gasteiger partial charge is 0.335 e. The summed E-state index contributed by atoms with van der Waals surface area (Å²) in [7, 11) is 3.88. The van der Waals surface area contributed by atoms with E-state index in [4.69, 9.17) is 5.11 Å². The lowest BCUT2D eigenvalue weighted by Crippen LogP contribution is -2.26. The summed E-state index contributed by atoms with van der Waals surface area (Å²) < 4.78 is 0. The average molecular weight is 208 g/mol. The Morgan fingerprint density at radius 3 is 2.47 bits per heavy atom. The molecule has 1 aromatic carbocycles. The van der Waals surface area contributed by atoms with Crippen LogP contribution in [0.3, 0.4) is 0 Å². The van der Waals surface area contributed by atoms with Crippen molar-refractivity contribution in [1.29, 1.82) is 0 Å². The number of hydrogen-bond donors (Lipinski definition) is 2. The number of anilines is 1. The molecule has 0 heterocycles. The van der Waals surface area contributed by atoms with Gasteiger partial charge in [0.1, 0.15) is 0 Å². The van der Waals surface area contributed by atoms with Crippen LogP contribution < -0.4 is 10.2 Å². The lowest BCUT2D eigenvalue weighted by atomic mass is 10.2. The Morgan fingerprint density at radius 2 is 2.00 bits per heavy atom. The van der Waals surface area contributed by atoms with Gasteiger partial charge < -0.3 is 15.3 Å². The van der Waals surface area contributed by atoms with Crippen molar-refractivity contribution in [1.82, 2.24) is 5.32 Å². The van der Waals surface area contributed by atoms with E-state index in [9.17, 15) is 4.79 Å². The Balaban J connectivity index is 2.66. The van der Waals surface area contributed by atoms with Crippen LogP contribution in [0.15, 0.2) is 24.3 Å². The van der Waals surface area contributed by atoms with E-state index in [1.54, 1.807) is 12.1 Å². The number of nitrogens with zero attached hydrogens (tertiary/aromatic N) is 1. The molecule has 0 aliphatic carbocycles. The lowest BCUT2D eigenvalue weighted by Gasteiger charge is -2.18. The molecule has 1 aromatic rings. The van der Waals surface area contributed by atoms with E-state index in [1.807, 2.05) is 26.2 Å². The fourth-order valence-corrected chi connectivity index (χ4v) is 1.27. The van der Waals surface area contributed by atoms with Gasteiger partial charge in [-0.3, -0.25) is 0 Å². The molecule has 0 aliphatic heterocycles. The number of carbonyl (C=O) groups is 1. The monoisotopic (exact) mass is 208 g/mol. The first-order valence-corrected chi connectivity index (χ1v) is 4.84. The van der Waals surface area contributed by atoms with E-state index in [2.05, 4.69) is 10.2 Å². The highest BCUT2D eigenvalue weighted by molar-refractivity contribution is 5.88. The number of likely N-dealkylation sites (N-methyl/N-ethyl adjacent to an activating group) is 2. The maximum atomic E-state index is 10.6. The molecule has 0 unspecified atom stereocenters. The normalized spacial score (nSPS) is 10.0. The first-order valence-electron chi connectivity index (χ1n) is 4.84. The number of carboxylic acid groups (broad SMARTS) is 1. The number of hydrogen-bond acceptors (Lipinski definition) is 3. The second kappa shape index (κ2) is 5.36. The molecule has 2 N–H and O–H groups in total. The summed E-state index contributed by atoms with van der Waals surface area (Å²) >= 11 is 0. The van der Waals surface area contributed by atoms with Crippen molar-refractivity contribution in [3.05, 3.63) is 29.8 Å². The van der Waals surface area contributed by atoms with Crippen LogP contribution in [0.5, 0.6) is 0 Å². The Hall–Kier alpha value is -1.55. The van der Waals surface area contributed by atoms with Gasteiger partial charge in [0.25, 0.3) is 0 Å². The molecule has 15 heavy (non-hydrogen) atoms.